The fourth-order valence-corrected chi connectivity index (χ4v) is 4.77. The summed E-state index contributed by atoms with van der Waals surface area (Å²) in [5, 5.41) is 1.51. The second-order valence-electron chi connectivity index (χ2n) is 7.61. The van der Waals surface area contributed by atoms with Gasteiger partial charge in [0.15, 0.2) is 5.16 Å². The first-order valence-corrected chi connectivity index (χ1v) is 11.3. The van der Waals surface area contributed by atoms with Gasteiger partial charge in [0.25, 0.3) is 5.56 Å². The average molecular weight is 411 g/mol. The van der Waals surface area contributed by atoms with Crippen molar-refractivity contribution in [2.45, 2.75) is 30.8 Å². The number of fused-ring (bicyclic) bond motifs is 1. The van der Waals surface area contributed by atoms with Gasteiger partial charge in [-0.05, 0) is 24.6 Å². The van der Waals surface area contributed by atoms with Gasteiger partial charge in [0, 0.05) is 18.7 Å². The minimum Gasteiger partial charge on any atom is -0.370 e. The minimum atomic E-state index is 0.0688. The molecule has 0 spiro atoms. The smallest absolute Gasteiger partial charge is 0.262 e. The molecule has 1 aliphatic rings. The van der Waals surface area contributed by atoms with Crippen LogP contribution in [-0.2, 0) is 17.0 Å². The number of hydrogen-bond donors (Lipinski definition) is 1. The summed E-state index contributed by atoms with van der Waals surface area (Å²) in [4.78, 5) is 19.6. The molecule has 1 fully saturated rings. The summed E-state index contributed by atoms with van der Waals surface area (Å²) < 4.78 is 7.32. The molecule has 1 aliphatic heterocycles. The van der Waals surface area contributed by atoms with Crippen molar-refractivity contribution >= 4 is 22.7 Å². The molecule has 29 heavy (non-hydrogen) atoms. The van der Waals surface area contributed by atoms with Crippen LogP contribution in [-0.4, -0.2) is 42.4 Å². The molecular weight excluding hydrogens is 382 g/mol. The van der Waals surface area contributed by atoms with Crippen LogP contribution in [0.15, 0.2) is 58.5 Å². The van der Waals surface area contributed by atoms with Gasteiger partial charge < -0.3 is 9.64 Å². The van der Waals surface area contributed by atoms with Crippen molar-refractivity contribution in [1.82, 2.24) is 9.55 Å². The Morgan fingerprint density at radius 1 is 1.14 bits per heavy atom. The van der Waals surface area contributed by atoms with Crippen LogP contribution in [0, 0.1) is 6.92 Å². The van der Waals surface area contributed by atoms with E-state index in [0.29, 0.717) is 11.9 Å². The topological polar surface area (TPSA) is 48.6 Å². The molecule has 1 saturated heterocycles. The highest BCUT2D eigenvalue weighted by atomic mass is 32.2. The summed E-state index contributed by atoms with van der Waals surface area (Å²) in [6.45, 7) is 7.66. The number of ether oxygens (including phenoxy) is 1. The molecule has 1 N–H and O–H groups in total. The lowest BCUT2D eigenvalue weighted by Gasteiger charge is -2.24. The molecule has 0 atom stereocenters. The maximum atomic E-state index is 13.2. The normalized spacial score (nSPS) is 15.1. The van der Waals surface area contributed by atoms with E-state index in [2.05, 4.69) is 31.2 Å². The van der Waals surface area contributed by atoms with Crippen LogP contribution in [0.4, 0.5) is 0 Å². The largest absolute Gasteiger partial charge is 0.370 e. The molecule has 1 aromatic heterocycles. The van der Waals surface area contributed by atoms with E-state index in [4.69, 9.17) is 9.72 Å². The van der Waals surface area contributed by atoms with E-state index in [-0.39, 0.29) is 5.56 Å². The highest BCUT2D eigenvalue weighted by Gasteiger charge is 2.15. The molecule has 4 rings (SSSR count). The zero-order valence-corrected chi connectivity index (χ0v) is 17.7. The molecule has 6 heteroatoms. The Bertz CT molecular complexity index is 1030. The van der Waals surface area contributed by atoms with Crippen molar-refractivity contribution in [2.75, 3.05) is 32.8 Å². The van der Waals surface area contributed by atoms with Crippen molar-refractivity contribution in [3.63, 3.8) is 0 Å². The predicted molar refractivity (Wildman–Crippen MR) is 118 cm³/mol. The van der Waals surface area contributed by atoms with E-state index in [9.17, 15) is 4.79 Å². The molecule has 5 nitrogen and oxygen atoms in total. The van der Waals surface area contributed by atoms with E-state index in [0.717, 1.165) is 55.7 Å². The summed E-state index contributed by atoms with van der Waals surface area (Å²) in [6.07, 6.45) is 0.966. The number of rotatable bonds is 7. The Morgan fingerprint density at radius 2 is 1.97 bits per heavy atom. The molecule has 0 saturated carbocycles. The van der Waals surface area contributed by atoms with Crippen LogP contribution < -0.4 is 10.5 Å². The highest BCUT2D eigenvalue weighted by Crippen LogP contribution is 2.22. The van der Waals surface area contributed by atoms with Crippen LogP contribution in [0.5, 0.6) is 0 Å². The van der Waals surface area contributed by atoms with Crippen LogP contribution in [0.1, 0.15) is 17.5 Å². The van der Waals surface area contributed by atoms with E-state index < -0.39 is 0 Å². The van der Waals surface area contributed by atoms with Gasteiger partial charge in [0.05, 0.1) is 30.7 Å². The lowest BCUT2D eigenvalue weighted by Crippen LogP contribution is -3.14. The average Bonchev–Trinajstić information content (AvgIpc) is 2.75. The number of thioether (sulfide) groups is 1. The molecule has 152 valence electrons. The quantitative estimate of drug-likeness (QED) is 0.480. The molecular formula is C23H28N3O2S+. The Balaban J connectivity index is 1.55. The Morgan fingerprint density at radius 3 is 2.79 bits per heavy atom. The molecule has 0 bridgehead atoms. The molecule has 3 aromatic rings. The summed E-state index contributed by atoms with van der Waals surface area (Å²) in [7, 11) is 0. The highest BCUT2D eigenvalue weighted by molar-refractivity contribution is 7.98. The fourth-order valence-electron chi connectivity index (χ4n) is 3.80. The molecule has 2 heterocycles. The number of quaternary nitrogens is 1. The maximum Gasteiger partial charge on any atom is 0.262 e. The first kappa shape index (κ1) is 20.1. The number of aryl methyl sites for hydroxylation is 1. The van der Waals surface area contributed by atoms with E-state index >= 15 is 0 Å². The number of nitrogens with zero attached hydrogens (tertiary/aromatic N) is 2. The minimum absolute atomic E-state index is 0.0688. The fraction of sp³-hybridized carbons (Fsp3) is 0.391. The van der Waals surface area contributed by atoms with Crippen molar-refractivity contribution < 1.29 is 9.64 Å². The van der Waals surface area contributed by atoms with Gasteiger partial charge in [0.1, 0.15) is 13.1 Å². The standard InChI is InChI=1S/C23H27N3O2S/c1-18-6-4-7-19(16-18)17-29-23-24-21-9-3-2-8-20(21)22(27)26(23)11-5-10-25-12-14-28-15-13-25/h2-4,6-9,16H,5,10-15,17H2,1H3/p+1. The number of morpholine rings is 1. The third-order valence-electron chi connectivity index (χ3n) is 5.39. The molecule has 0 aliphatic carbocycles. The molecule has 0 unspecified atom stereocenters. The van der Waals surface area contributed by atoms with Gasteiger partial charge in [-0.3, -0.25) is 9.36 Å². The van der Waals surface area contributed by atoms with Crippen LogP contribution >= 0.6 is 11.8 Å². The van der Waals surface area contributed by atoms with E-state index in [1.165, 1.54) is 11.1 Å². The zero-order valence-electron chi connectivity index (χ0n) is 16.9. The number of aromatic nitrogens is 2. The third-order valence-corrected chi connectivity index (χ3v) is 6.44. The lowest BCUT2D eigenvalue weighted by molar-refractivity contribution is -0.908. The summed E-state index contributed by atoms with van der Waals surface area (Å²) in [5.41, 5.74) is 3.35. The Hall–Kier alpha value is -2.15. The number of benzene rings is 2. The Kier molecular flexibility index (Phi) is 6.64. The lowest BCUT2D eigenvalue weighted by atomic mass is 10.2. The number of nitrogens with one attached hydrogen (secondary N) is 1. The predicted octanol–water partition coefficient (Wildman–Crippen LogP) is 2.30. The van der Waals surface area contributed by atoms with Crippen LogP contribution in [0.3, 0.4) is 0 Å². The second-order valence-corrected chi connectivity index (χ2v) is 8.55. The first-order chi connectivity index (χ1) is 14.2. The monoisotopic (exact) mass is 410 g/mol. The summed E-state index contributed by atoms with van der Waals surface area (Å²) in [6, 6.07) is 16.2. The van der Waals surface area contributed by atoms with Crippen molar-refractivity contribution in [2.24, 2.45) is 0 Å². The first-order valence-electron chi connectivity index (χ1n) is 10.3. The number of para-hydroxylation sites is 1. The van der Waals surface area contributed by atoms with Gasteiger partial charge in [0.2, 0.25) is 0 Å². The van der Waals surface area contributed by atoms with Crippen LogP contribution in [0.2, 0.25) is 0 Å². The van der Waals surface area contributed by atoms with E-state index in [1.807, 2.05) is 28.8 Å². The van der Waals surface area contributed by atoms with Gasteiger partial charge >= 0.3 is 0 Å². The SMILES string of the molecule is Cc1cccc(CSc2nc3ccccc3c(=O)n2CCC[NH+]2CCOCC2)c1. The zero-order chi connectivity index (χ0) is 20.1. The van der Waals surface area contributed by atoms with Crippen molar-refractivity contribution in [3.05, 3.63) is 70.0 Å². The summed E-state index contributed by atoms with van der Waals surface area (Å²) in [5.74, 6) is 0.807. The Labute approximate surface area is 175 Å². The maximum absolute atomic E-state index is 13.2. The van der Waals surface area contributed by atoms with Gasteiger partial charge in [-0.15, -0.1) is 0 Å². The van der Waals surface area contributed by atoms with Gasteiger partial charge in [-0.2, -0.15) is 0 Å². The van der Waals surface area contributed by atoms with Crippen molar-refractivity contribution in [1.29, 1.82) is 0 Å². The molecule has 0 amide bonds. The third kappa shape index (κ3) is 5.07. The summed E-state index contributed by atoms with van der Waals surface area (Å²) >= 11 is 1.65. The van der Waals surface area contributed by atoms with E-state index in [1.54, 1.807) is 16.7 Å². The van der Waals surface area contributed by atoms with Crippen molar-refractivity contribution in [3.8, 4) is 0 Å². The molecule has 2 aromatic carbocycles. The second kappa shape index (κ2) is 9.57. The van der Waals surface area contributed by atoms with Gasteiger partial charge in [-0.25, -0.2) is 4.98 Å². The number of hydrogen-bond acceptors (Lipinski definition) is 4. The van der Waals surface area contributed by atoms with Gasteiger partial charge in [-0.1, -0.05) is 53.7 Å². The molecule has 0 radical (unpaired) electrons. The van der Waals surface area contributed by atoms with Crippen LogP contribution in [0.25, 0.3) is 10.9 Å².